The van der Waals surface area contributed by atoms with Gasteiger partial charge in [0.15, 0.2) is 0 Å². The molecule has 0 fully saturated rings. The minimum Gasteiger partial charge on any atom is -0.495 e. The molecule has 0 amide bonds. The van der Waals surface area contributed by atoms with Crippen LogP contribution in [0, 0.1) is 5.82 Å². The lowest BCUT2D eigenvalue weighted by molar-refractivity contribution is 0.386. The molecule has 0 saturated carbocycles. The number of benzene rings is 2. The van der Waals surface area contributed by atoms with Gasteiger partial charge in [-0.1, -0.05) is 23.4 Å². The molecule has 2 heterocycles. The van der Waals surface area contributed by atoms with E-state index in [1.807, 2.05) is 0 Å². The molecular formula is C21H17FN4O4S. The summed E-state index contributed by atoms with van der Waals surface area (Å²) in [5.41, 5.74) is 1.65. The van der Waals surface area contributed by atoms with Crippen molar-refractivity contribution in [1.29, 1.82) is 0 Å². The van der Waals surface area contributed by atoms with Crippen molar-refractivity contribution in [3.8, 4) is 17.1 Å². The molecule has 10 heteroatoms. The molecule has 2 aromatic heterocycles. The van der Waals surface area contributed by atoms with Crippen molar-refractivity contribution in [2.24, 2.45) is 0 Å². The van der Waals surface area contributed by atoms with Crippen molar-refractivity contribution < 1.29 is 22.1 Å². The molecule has 0 spiro atoms. The number of nitrogens with zero attached hydrogens (tertiary/aromatic N) is 3. The average Bonchev–Trinajstić information content (AvgIpc) is 3.24. The van der Waals surface area contributed by atoms with Crippen LogP contribution in [0.2, 0.25) is 0 Å². The summed E-state index contributed by atoms with van der Waals surface area (Å²) in [5.74, 6) is 0.0518. The number of pyridine rings is 1. The number of aromatic nitrogens is 3. The van der Waals surface area contributed by atoms with E-state index in [-0.39, 0.29) is 17.1 Å². The zero-order chi connectivity index (χ0) is 21.8. The van der Waals surface area contributed by atoms with Gasteiger partial charge in [0.05, 0.1) is 19.2 Å². The summed E-state index contributed by atoms with van der Waals surface area (Å²) < 4.78 is 52.4. The van der Waals surface area contributed by atoms with E-state index in [0.717, 1.165) is 17.7 Å². The zero-order valence-corrected chi connectivity index (χ0v) is 17.1. The molecule has 31 heavy (non-hydrogen) atoms. The molecule has 4 aromatic rings. The summed E-state index contributed by atoms with van der Waals surface area (Å²) in [6.07, 6.45) is 3.43. The van der Waals surface area contributed by atoms with Crippen LogP contribution in [0.15, 0.2) is 76.4 Å². The Labute approximate surface area is 177 Å². The smallest absolute Gasteiger partial charge is 0.265 e. The molecule has 0 unspecified atom stereocenters. The van der Waals surface area contributed by atoms with E-state index in [9.17, 15) is 12.8 Å². The predicted molar refractivity (Wildman–Crippen MR) is 111 cm³/mol. The number of nitrogens with one attached hydrogen (secondary N) is 1. The minimum atomic E-state index is -4.12. The van der Waals surface area contributed by atoms with Crippen molar-refractivity contribution in [1.82, 2.24) is 15.1 Å². The van der Waals surface area contributed by atoms with Gasteiger partial charge in [-0.15, -0.1) is 0 Å². The van der Waals surface area contributed by atoms with Crippen LogP contribution in [0.25, 0.3) is 11.4 Å². The first kappa shape index (κ1) is 20.5. The zero-order valence-electron chi connectivity index (χ0n) is 16.3. The molecule has 1 N–H and O–H groups in total. The number of sulfonamides is 1. The fourth-order valence-corrected chi connectivity index (χ4v) is 4.22. The standard InChI is InChI=1S/C21H17FN4O4S/c1-29-18-7-6-16(22)13-19(18)31(27,28)26-17-5-3-2-4-15(17)12-20-24-21(25-30-20)14-8-10-23-11-9-14/h2-11,13,26H,12H2,1H3. The van der Waals surface area contributed by atoms with Crippen LogP contribution in [0.5, 0.6) is 5.75 Å². The van der Waals surface area contributed by atoms with E-state index in [1.165, 1.54) is 13.2 Å². The molecule has 0 aliphatic rings. The van der Waals surface area contributed by atoms with Crippen LogP contribution < -0.4 is 9.46 Å². The number of anilines is 1. The Morgan fingerprint density at radius 3 is 2.65 bits per heavy atom. The van der Waals surface area contributed by atoms with Crippen LogP contribution in [-0.2, 0) is 16.4 Å². The summed E-state index contributed by atoms with van der Waals surface area (Å²) in [5, 5.41) is 3.96. The van der Waals surface area contributed by atoms with Crippen molar-refractivity contribution in [3.05, 3.63) is 84.3 Å². The Hall–Kier alpha value is -3.79. The van der Waals surface area contributed by atoms with Gasteiger partial charge in [0, 0.05) is 18.0 Å². The summed E-state index contributed by atoms with van der Waals surface area (Å²) in [6, 6.07) is 13.6. The fourth-order valence-electron chi connectivity index (χ4n) is 2.94. The molecule has 0 aliphatic heterocycles. The van der Waals surface area contributed by atoms with Crippen molar-refractivity contribution in [3.63, 3.8) is 0 Å². The van der Waals surface area contributed by atoms with E-state index in [0.29, 0.717) is 23.0 Å². The largest absolute Gasteiger partial charge is 0.495 e. The quantitative estimate of drug-likeness (QED) is 0.467. The van der Waals surface area contributed by atoms with Crippen molar-refractivity contribution in [2.75, 3.05) is 11.8 Å². The lowest BCUT2D eigenvalue weighted by atomic mass is 10.1. The van der Waals surface area contributed by atoms with Gasteiger partial charge in [-0.05, 0) is 42.0 Å². The Morgan fingerprint density at radius 2 is 1.87 bits per heavy atom. The second-order valence-electron chi connectivity index (χ2n) is 6.48. The second-order valence-corrected chi connectivity index (χ2v) is 8.13. The van der Waals surface area contributed by atoms with E-state index in [1.54, 1.807) is 48.8 Å². The van der Waals surface area contributed by atoms with Gasteiger partial charge in [0.1, 0.15) is 16.5 Å². The highest BCUT2D eigenvalue weighted by Gasteiger charge is 2.22. The van der Waals surface area contributed by atoms with Gasteiger partial charge >= 0.3 is 0 Å². The second kappa shape index (κ2) is 8.52. The normalized spacial score (nSPS) is 11.3. The van der Waals surface area contributed by atoms with E-state index in [4.69, 9.17) is 9.26 Å². The molecule has 0 radical (unpaired) electrons. The first-order valence-corrected chi connectivity index (χ1v) is 10.6. The Morgan fingerprint density at radius 1 is 1.10 bits per heavy atom. The monoisotopic (exact) mass is 440 g/mol. The molecule has 0 aliphatic carbocycles. The van der Waals surface area contributed by atoms with Gasteiger partial charge in [-0.25, -0.2) is 12.8 Å². The van der Waals surface area contributed by atoms with E-state index < -0.39 is 15.8 Å². The van der Waals surface area contributed by atoms with E-state index in [2.05, 4.69) is 19.8 Å². The van der Waals surface area contributed by atoms with E-state index >= 15 is 0 Å². The molecule has 0 bridgehead atoms. The minimum absolute atomic E-state index is 0.0327. The maximum absolute atomic E-state index is 13.7. The summed E-state index contributed by atoms with van der Waals surface area (Å²) in [4.78, 5) is 8.01. The third kappa shape index (κ3) is 4.53. The predicted octanol–water partition coefficient (Wildman–Crippen LogP) is 3.67. The first-order valence-electron chi connectivity index (χ1n) is 9.13. The Balaban J connectivity index is 1.61. The number of halogens is 1. The molecule has 4 rings (SSSR count). The van der Waals surface area contributed by atoms with Crippen LogP contribution in [0.1, 0.15) is 11.5 Å². The van der Waals surface area contributed by atoms with Crippen LogP contribution in [0.4, 0.5) is 10.1 Å². The maximum Gasteiger partial charge on any atom is 0.265 e. The summed E-state index contributed by atoms with van der Waals surface area (Å²) in [7, 11) is -2.80. The average molecular weight is 440 g/mol. The van der Waals surface area contributed by atoms with Crippen molar-refractivity contribution in [2.45, 2.75) is 11.3 Å². The Kier molecular flexibility index (Phi) is 5.63. The molecular weight excluding hydrogens is 423 g/mol. The summed E-state index contributed by atoms with van der Waals surface area (Å²) >= 11 is 0. The van der Waals surface area contributed by atoms with Gasteiger partial charge in [0.25, 0.3) is 10.0 Å². The SMILES string of the molecule is COc1ccc(F)cc1S(=O)(=O)Nc1ccccc1Cc1nc(-c2ccncc2)no1. The number of hydrogen-bond acceptors (Lipinski definition) is 7. The molecule has 0 saturated heterocycles. The van der Waals surface area contributed by atoms with Gasteiger partial charge in [-0.2, -0.15) is 4.98 Å². The summed E-state index contributed by atoms with van der Waals surface area (Å²) in [6.45, 7) is 0. The van der Waals surface area contributed by atoms with Crippen molar-refractivity contribution >= 4 is 15.7 Å². The number of methoxy groups -OCH3 is 1. The third-order valence-corrected chi connectivity index (χ3v) is 5.81. The Bertz CT molecular complexity index is 1310. The highest BCUT2D eigenvalue weighted by Crippen LogP contribution is 2.28. The van der Waals surface area contributed by atoms with Crippen LogP contribution in [0.3, 0.4) is 0 Å². The van der Waals surface area contributed by atoms with Gasteiger partial charge < -0.3 is 9.26 Å². The topological polar surface area (TPSA) is 107 Å². The lowest BCUT2D eigenvalue weighted by Gasteiger charge is -2.14. The number of para-hydroxylation sites is 1. The van der Waals surface area contributed by atoms with Crippen LogP contribution in [-0.4, -0.2) is 30.7 Å². The number of ether oxygens (including phenoxy) is 1. The molecule has 158 valence electrons. The van der Waals surface area contributed by atoms with Gasteiger partial charge in [-0.3, -0.25) is 9.71 Å². The van der Waals surface area contributed by atoms with Crippen LogP contribution >= 0.6 is 0 Å². The third-order valence-electron chi connectivity index (χ3n) is 4.43. The molecule has 8 nitrogen and oxygen atoms in total. The maximum atomic E-state index is 13.7. The fraction of sp³-hybridized carbons (Fsp3) is 0.0952. The number of hydrogen-bond donors (Lipinski definition) is 1. The lowest BCUT2D eigenvalue weighted by Crippen LogP contribution is -2.15. The molecule has 2 aromatic carbocycles. The number of rotatable bonds is 7. The highest BCUT2D eigenvalue weighted by atomic mass is 32.2. The highest BCUT2D eigenvalue weighted by molar-refractivity contribution is 7.92. The molecule has 0 atom stereocenters. The first-order chi connectivity index (χ1) is 15.0. The van der Waals surface area contributed by atoms with Gasteiger partial charge in [0.2, 0.25) is 11.7 Å².